The maximum atomic E-state index is 12.2. The van der Waals surface area contributed by atoms with Crippen LogP contribution in [0.25, 0.3) is 0 Å². The van der Waals surface area contributed by atoms with Crippen molar-refractivity contribution in [2.75, 3.05) is 12.5 Å². The highest BCUT2D eigenvalue weighted by atomic mass is 32.2. The van der Waals surface area contributed by atoms with Gasteiger partial charge in [-0.1, -0.05) is 0 Å². The number of nitrogens with zero attached hydrogens (tertiary/aromatic N) is 1. The number of nitrogens with one attached hydrogen (secondary N) is 1. The van der Waals surface area contributed by atoms with Gasteiger partial charge >= 0.3 is 0 Å². The van der Waals surface area contributed by atoms with E-state index >= 15 is 0 Å². The Hall–Kier alpha value is -1.90. The Morgan fingerprint density at radius 1 is 1.00 bits per heavy atom. The van der Waals surface area contributed by atoms with Crippen LogP contribution in [0.2, 0.25) is 0 Å². The number of Topliss-reactive ketones (excluding diaryl/α,β-unsaturated/α-hetero) is 1. The highest BCUT2D eigenvalue weighted by molar-refractivity contribution is 7.86. The van der Waals surface area contributed by atoms with Crippen LogP contribution in [0.15, 0.2) is 0 Å². The summed E-state index contributed by atoms with van der Waals surface area (Å²) in [5.74, 6) is -4.77. The van der Waals surface area contributed by atoms with E-state index in [-0.39, 0.29) is 17.3 Å². The van der Waals surface area contributed by atoms with Gasteiger partial charge in [0.05, 0.1) is 12.5 Å². The van der Waals surface area contributed by atoms with Gasteiger partial charge in [0.1, 0.15) is 5.78 Å². The van der Waals surface area contributed by atoms with Crippen molar-refractivity contribution in [1.82, 2.24) is 10.5 Å². The molecule has 1 heterocycles. The van der Waals surface area contributed by atoms with Gasteiger partial charge in [-0.3, -0.25) is 14.4 Å². The molecule has 12 nitrogen and oxygen atoms in total. The molecule has 1 saturated heterocycles. The molecule has 0 aromatic carbocycles. The van der Waals surface area contributed by atoms with Crippen LogP contribution in [-0.4, -0.2) is 57.9 Å². The topological polar surface area (TPSA) is 170 Å². The number of amides is 3. The molecule has 0 aliphatic carbocycles. The third kappa shape index (κ3) is 8.55. The van der Waals surface area contributed by atoms with Crippen LogP contribution in [0.3, 0.4) is 0 Å². The highest BCUT2D eigenvalue weighted by Gasteiger charge is 2.39. The van der Waals surface area contributed by atoms with Gasteiger partial charge in [-0.05, 0) is 18.8 Å². The summed E-state index contributed by atoms with van der Waals surface area (Å²) in [7, 11) is -8.11. The SMILES string of the molecule is CC(=O)CC1CC(=O)N(OS(C)(=O)=O)C(=O)CC1CC(=O)NOS(C)(=O)=O. The summed E-state index contributed by atoms with van der Waals surface area (Å²) < 4.78 is 52.8. The molecule has 0 radical (unpaired) electrons. The van der Waals surface area contributed by atoms with Crippen LogP contribution < -0.4 is 5.48 Å². The quantitative estimate of drug-likeness (QED) is 0.359. The molecule has 1 fully saturated rings. The van der Waals surface area contributed by atoms with E-state index in [0.717, 1.165) is 0 Å². The van der Waals surface area contributed by atoms with Gasteiger partial charge in [-0.25, -0.2) is 5.48 Å². The molecule has 2 unspecified atom stereocenters. The van der Waals surface area contributed by atoms with Gasteiger partial charge in [0.25, 0.3) is 32.1 Å². The number of carbonyl (C=O) groups excluding carboxylic acids is 4. The Morgan fingerprint density at radius 2 is 1.48 bits per heavy atom. The summed E-state index contributed by atoms with van der Waals surface area (Å²) in [6.45, 7) is 1.26. The Labute approximate surface area is 156 Å². The predicted molar refractivity (Wildman–Crippen MR) is 88.0 cm³/mol. The number of rotatable bonds is 8. The first-order chi connectivity index (χ1) is 12.2. The van der Waals surface area contributed by atoms with Crippen molar-refractivity contribution in [2.24, 2.45) is 11.8 Å². The molecule has 27 heavy (non-hydrogen) atoms. The van der Waals surface area contributed by atoms with Gasteiger partial charge < -0.3 is 4.79 Å². The number of carbonyl (C=O) groups is 4. The Balaban J connectivity index is 3.01. The first-order valence-corrected chi connectivity index (χ1v) is 11.2. The second kappa shape index (κ2) is 8.86. The summed E-state index contributed by atoms with van der Waals surface area (Å²) in [6, 6.07) is 0. The maximum absolute atomic E-state index is 12.2. The number of hydrogen-bond donors (Lipinski definition) is 1. The Morgan fingerprint density at radius 3 is 1.89 bits per heavy atom. The third-order valence-corrected chi connectivity index (χ3v) is 4.31. The molecule has 154 valence electrons. The monoisotopic (exact) mass is 428 g/mol. The van der Waals surface area contributed by atoms with E-state index in [1.807, 2.05) is 0 Å². The smallest absolute Gasteiger partial charge is 0.285 e. The minimum Gasteiger partial charge on any atom is -0.300 e. The Bertz CT molecular complexity index is 833. The number of hydroxylamine groups is 3. The molecule has 0 spiro atoms. The molecule has 0 saturated carbocycles. The fraction of sp³-hybridized carbons (Fsp3) is 0.692. The van der Waals surface area contributed by atoms with Crippen LogP contribution in [0.5, 0.6) is 0 Å². The largest absolute Gasteiger partial charge is 0.300 e. The van der Waals surface area contributed by atoms with E-state index in [1.165, 1.54) is 6.92 Å². The molecule has 1 rings (SSSR count). The van der Waals surface area contributed by atoms with Gasteiger partial charge in [0.2, 0.25) is 5.91 Å². The van der Waals surface area contributed by atoms with Gasteiger partial charge in [0, 0.05) is 25.7 Å². The molecule has 14 heteroatoms. The number of imide groups is 1. The van der Waals surface area contributed by atoms with Crippen molar-refractivity contribution in [3.8, 4) is 0 Å². The average molecular weight is 428 g/mol. The van der Waals surface area contributed by atoms with Crippen LogP contribution in [0.1, 0.15) is 32.6 Å². The molecule has 0 aromatic rings. The molecular formula is C13H20N2O10S2. The predicted octanol–water partition coefficient (Wildman–Crippen LogP) is -1.36. The van der Waals surface area contributed by atoms with E-state index in [0.29, 0.717) is 12.5 Å². The van der Waals surface area contributed by atoms with E-state index < -0.39 is 69.1 Å². The van der Waals surface area contributed by atoms with Crippen LogP contribution in [0.4, 0.5) is 0 Å². The number of hydrogen-bond acceptors (Lipinski definition) is 10. The van der Waals surface area contributed by atoms with Crippen LogP contribution >= 0.6 is 0 Å². The number of ketones is 1. The maximum Gasteiger partial charge on any atom is 0.285 e. The average Bonchev–Trinajstić information content (AvgIpc) is 2.55. The lowest BCUT2D eigenvalue weighted by molar-refractivity contribution is -0.170. The summed E-state index contributed by atoms with van der Waals surface area (Å²) >= 11 is 0. The summed E-state index contributed by atoms with van der Waals surface area (Å²) in [5, 5.41) is 0.105. The van der Waals surface area contributed by atoms with Crippen LogP contribution in [0, 0.1) is 11.8 Å². The first kappa shape index (κ1) is 23.1. The summed E-state index contributed by atoms with van der Waals surface area (Å²) in [4.78, 5) is 47.7. The van der Waals surface area contributed by atoms with Gasteiger partial charge in [0.15, 0.2) is 0 Å². The lowest BCUT2D eigenvalue weighted by atomic mass is 9.82. The molecule has 0 aromatic heterocycles. The first-order valence-electron chi connectivity index (χ1n) is 7.60. The molecule has 3 amide bonds. The van der Waals surface area contributed by atoms with Crippen molar-refractivity contribution < 1.29 is 44.6 Å². The molecule has 0 bridgehead atoms. The molecule has 1 N–H and O–H groups in total. The van der Waals surface area contributed by atoms with Crippen molar-refractivity contribution in [3.63, 3.8) is 0 Å². The fourth-order valence-electron chi connectivity index (χ4n) is 2.55. The third-order valence-electron chi connectivity index (χ3n) is 3.51. The minimum atomic E-state index is -4.16. The normalized spacial score (nSPS) is 21.7. The second-order valence-corrected chi connectivity index (χ2v) is 9.34. The van der Waals surface area contributed by atoms with Crippen molar-refractivity contribution in [2.45, 2.75) is 32.6 Å². The van der Waals surface area contributed by atoms with Gasteiger partial charge in [-0.15, -0.1) is 13.6 Å². The lowest BCUT2D eigenvalue weighted by Crippen LogP contribution is -2.37. The highest BCUT2D eigenvalue weighted by Crippen LogP contribution is 2.31. The van der Waals surface area contributed by atoms with E-state index in [4.69, 9.17) is 0 Å². The zero-order valence-electron chi connectivity index (χ0n) is 14.8. The molecule has 1 aliphatic heterocycles. The van der Waals surface area contributed by atoms with Crippen molar-refractivity contribution in [3.05, 3.63) is 0 Å². The molecular weight excluding hydrogens is 408 g/mol. The van der Waals surface area contributed by atoms with Crippen molar-refractivity contribution in [1.29, 1.82) is 0 Å². The van der Waals surface area contributed by atoms with E-state index in [9.17, 15) is 36.0 Å². The molecule has 1 aliphatic rings. The summed E-state index contributed by atoms with van der Waals surface area (Å²) in [5.41, 5.74) is 1.69. The van der Waals surface area contributed by atoms with Crippen molar-refractivity contribution >= 4 is 43.7 Å². The molecule has 2 atom stereocenters. The summed E-state index contributed by atoms with van der Waals surface area (Å²) in [6.07, 6.45) is -0.0912. The fourth-order valence-corrected chi connectivity index (χ4v) is 3.24. The zero-order valence-corrected chi connectivity index (χ0v) is 16.5. The van der Waals surface area contributed by atoms with Gasteiger partial charge in [-0.2, -0.15) is 16.8 Å². The Kier molecular flexibility index (Phi) is 7.59. The van der Waals surface area contributed by atoms with E-state index in [2.05, 4.69) is 8.57 Å². The lowest BCUT2D eigenvalue weighted by Gasteiger charge is -2.21. The zero-order chi connectivity index (χ0) is 21.0. The second-order valence-electron chi connectivity index (χ2n) is 6.21. The standard InChI is InChI=1S/C13H20N2O10S2/c1-8(16)4-9-6-12(18)15(25-27(3,22)23)13(19)7-10(9)5-11(17)14-24-26(2,20)21/h9-10H,4-7H2,1-3H3,(H,14,17). The van der Waals surface area contributed by atoms with E-state index in [1.54, 1.807) is 5.48 Å². The minimum absolute atomic E-state index is 0.105. The van der Waals surface area contributed by atoms with Crippen LogP contribution in [-0.2, 0) is 48.0 Å².